The number of alkyl halides is 1. The summed E-state index contributed by atoms with van der Waals surface area (Å²) in [5.41, 5.74) is 0. The first-order chi connectivity index (χ1) is 8.06. The molecule has 0 aromatic carbocycles. The van der Waals surface area contributed by atoms with Crippen molar-refractivity contribution in [1.29, 1.82) is 0 Å². The fraction of sp³-hybridized carbons (Fsp3) is 0.818. The maximum Gasteiger partial charge on any atom is 0.325 e. The molecule has 5 nitrogen and oxygen atoms in total. The lowest BCUT2D eigenvalue weighted by molar-refractivity contribution is -0.149. The Kier molecular flexibility index (Phi) is 9.07. The van der Waals surface area contributed by atoms with Gasteiger partial charge >= 0.3 is 5.97 Å². The summed E-state index contributed by atoms with van der Waals surface area (Å²) < 4.78 is 9.74. The van der Waals surface area contributed by atoms with Gasteiger partial charge in [-0.15, -0.1) is 0 Å². The van der Waals surface area contributed by atoms with Crippen molar-refractivity contribution in [3.63, 3.8) is 0 Å². The number of hydrogen-bond donors (Lipinski definition) is 0. The number of carbonyl (C=O) groups is 2. The van der Waals surface area contributed by atoms with Crippen molar-refractivity contribution in [2.24, 2.45) is 0 Å². The molecular formula is C11H20BrNO4. The number of hydrogen-bond acceptors (Lipinski definition) is 4. The fourth-order valence-electron chi connectivity index (χ4n) is 1.20. The Hall–Kier alpha value is -0.620. The molecule has 0 bridgehead atoms. The first kappa shape index (κ1) is 16.4. The summed E-state index contributed by atoms with van der Waals surface area (Å²) >= 11 is 3.28. The number of methoxy groups -OCH3 is 1. The summed E-state index contributed by atoms with van der Waals surface area (Å²) in [4.78, 5) is 24.5. The van der Waals surface area contributed by atoms with E-state index in [1.807, 2.05) is 6.92 Å². The molecule has 0 N–H and O–H groups in total. The number of ether oxygens (including phenoxy) is 2. The molecule has 100 valence electrons. The average molecular weight is 310 g/mol. The van der Waals surface area contributed by atoms with Crippen LogP contribution < -0.4 is 0 Å². The minimum Gasteiger partial charge on any atom is -0.465 e. The molecule has 0 saturated heterocycles. The molecule has 0 saturated carbocycles. The third kappa shape index (κ3) is 6.63. The minimum atomic E-state index is -0.396. The third-order valence-corrected chi connectivity index (χ3v) is 3.17. The van der Waals surface area contributed by atoms with E-state index in [0.717, 1.165) is 0 Å². The normalized spacial score (nSPS) is 12.0. The summed E-state index contributed by atoms with van der Waals surface area (Å²) in [6.45, 7) is 4.70. The Balaban J connectivity index is 4.41. The van der Waals surface area contributed by atoms with Crippen LogP contribution in [-0.4, -0.2) is 55.0 Å². The topological polar surface area (TPSA) is 55.8 Å². The van der Waals surface area contributed by atoms with Gasteiger partial charge in [-0.3, -0.25) is 9.59 Å². The Morgan fingerprint density at radius 2 is 2.00 bits per heavy atom. The molecule has 1 unspecified atom stereocenters. The van der Waals surface area contributed by atoms with Gasteiger partial charge in [-0.05, 0) is 13.3 Å². The van der Waals surface area contributed by atoms with Gasteiger partial charge < -0.3 is 14.4 Å². The van der Waals surface area contributed by atoms with Gasteiger partial charge in [0.1, 0.15) is 6.54 Å². The van der Waals surface area contributed by atoms with Crippen molar-refractivity contribution >= 4 is 27.8 Å². The van der Waals surface area contributed by atoms with Crippen LogP contribution in [0.1, 0.15) is 20.3 Å². The second kappa shape index (κ2) is 9.41. The van der Waals surface area contributed by atoms with Crippen LogP contribution in [0.3, 0.4) is 0 Å². The quantitative estimate of drug-likeness (QED) is 0.499. The van der Waals surface area contributed by atoms with E-state index in [2.05, 4.69) is 15.9 Å². The molecule has 6 heteroatoms. The second-order valence-corrected chi connectivity index (χ2v) is 4.54. The van der Waals surface area contributed by atoms with Crippen molar-refractivity contribution < 1.29 is 19.1 Å². The predicted molar refractivity (Wildman–Crippen MR) is 68.1 cm³/mol. The smallest absolute Gasteiger partial charge is 0.325 e. The van der Waals surface area contributed by atoms with Gasteiger partial charge in [0.2, 0.25) is 5.91 Å². The molecule has 0 aromatic rings. The van der Waals surface area contributed by atoms with Crippen molar-refractivity contribution in [2.75, 3.05) is 33.4 Å². The van der Waals surface area contributed by atoms with Crippen molar-refractivity contribution in [1.82, 2.24) is 4.90 Å². The van der Waals surface area contributed by atoms with Crippen molar-refractivity contribution in [2.45, 2.75) is 25.1 Å². The molecule has 0 fully saturated rings. The molecule has 17 heavy (non-hydrogen) atoms. The number of halogens is 1. The van der Waals surface area contributed by atoms with Crippen LogP contribution >= 0.6 is 15.9 Å². The first-order valence-corrected chi connectivity index (χ1v) is 6.55. The molecule has 0 radical (unpaired) electrons. The van der Waals surface area contributed by atoms with Gasteiger partial charge in [-0.1, -0.05) is 22.9 Å². The van der Waals surface area contributed by atoms with E-state index in [4.69, 9.17) is 9.47 Å². The summed E-state index contributed by atoms with van der Waals surface area (Å²) in [5, 5.41) is 0. The molecule has 0 aliphatic carbocycles. The summed E-state index contributed by atoms with van der Waals surface area (Å²) in [5.74, 6) is -0.509. The minimum absolute atomic E-state index is 0.0296. The van der Waals surface area contributed by atoms with Gasteiger partial charge in [0.05, 0.1) is 18.0 Å². The zero-order chi connectivity index (χ0) is 13.3. The lowest BCUT2D eigenvalue weighted by atomic mass is 10.3. The summed E-state index contributed by atoms with van der Waals surface area (Å²) in [6.07, 6.45) is 0.672. The zero-order valence-electron chi connectivity index (χ0n) is 10.6. The number of nitrogens with zero attached hydrogens (tertiary/aromatic N) is 1. The van der Waals surface area contributed by atoms with E-state index in [-0.39, 0.29) is 17.3 Å². The lowest BCUT2D eigenvalue weighted by Crippen LogP contribution is -2.42. The second-order valence-electron chi connectivity index (χ2n) is 3.43. The molecular weight excluding hydrogens is 290 g/mol. The van der Waals surface area contributed by atoms with Gasteiger partial charge in [0, 0.05) is 13.7 Å². The third-order valence-electron chi connectivity index (χ3n) is 2.13. The van der Waals surface area contributed by atoms with E-state index in [0.29, 0.717) is 26.2 Å². The predicted octanol–water partition coefficient (Wildman–Crippen LogP) is 1.20. The van der Waals surface area contributed by atoms with Crippen LogP contribution in [0, 0.1) is 0 Å². The first-order valence-electron chi connectivity index (χ1n) is 5.64. The van der Waals surface area contributed by atoms with Crippen LogP contribution in [0.5, 0.6) is 0 Å². The fourth-order valence-corrected chi connectivity index (χ4v) is 1.49. The summed E-state index contributed by atoms with van der Waals surface area (Å²) in [6, 6.07) is 0. The van der Waals surface area contributed by atoms with E-state index in [1.54, 1.807) is 14.0 Å². The van der Waals surface area contributed by atoms with Gasteiger partial charge in [0.25, 0.3) is 0 Å². The average Bonchev–Trinajstić information content (AvgIpc) is 2.32. The van der Waals surface area contributed by atoms with E-state index in [1.165, 1.54) is 4.90 Å². The molecule has 0 heterocycles. The van der Waals surface area contributed by atoms with Gasteiger partial charge in [-0.25, -0.2) is 0 Å². The zero-order valence-corrected chi connectivity index (χ0v) is 12.2. The van der Waals surface area contributed by atoms with Gasteiger partial charge in [0.15, 0.2) is 0 Å². The molecule has 0 spiro atoms. The monoisotopic (exact) mass is 309 g/mol. The number of esters is 1. The van der Waals surface area contributed by atoms with Gasteiger partial charge in [-0.2, -0.15) is 0 Å². The Morgan fingerprint density at radius 1 is 1.35 bits per heavy atom. The highest BCUT2D eigenvalue weighted by molar-refractivity contribution is 9.10. The van der Waals surface area contributed by atoms with E-state index >= 15 is 0 Å². The van der Waals surface area contributed by atoms with Crippen LogP contribution in [0.15, 0.2) is 0 Å². The Labute approximate surface area is 111 Å². The molecule has 1 atom stereocenters. The summed E-state index contributed by atoms with van der Waals surface area (Å²) in [7, 11) is 1.55. The maximum absolute atomic E-state index is 11.9. The number of amides is 1. The number of carbonyl (C=O) groups excluding carboxylic acids is 2. The van der Waals surface area contributed by atoms with Crippen LogP contribution in [0.2, 0.25) is 0 Å². The Bertz CT molecular complexity index is 248. The van der Waals surface area contributed by atoms with E-state index < -0.39 is 5.97 Å². The maximum atomic E-state index is 11.9. The van der Waals surface area contributed by atoms with Crippen LogP contribution in [-0.2, 0) is 19.1 Å². The molecule has 0 rings (SSSR count). The Morgan fingerprint density at radius 3 is 2.47 bits per heavy atom. The highest BCUT2D eigenvalue weighted by Crippen LogP contribution is 2.09. The molecule has 0 aromatic heterocycles. The standard InChI is InChI=1S/C11H20BrNO4/c1-4-9(12)11(15)13(6-7-16-3)8-10(14)17-5-2/h9H,4-8H2,1-3H3. The SMILES string of the molecule is CCOC(=O)CN(CCOC)C(=O)C(Br)CC. The van der Waals surface area contributed by atoms with Crippen molar-refractivity contribution in [3.8, 4) is 0 Å². The molecule has 0 aliphatic rings. The van der Waals surface area contributed by atoms with Crippen LogP contribution in [0.4, 0.5) is 0 Å². The van der Waals surface area contributed by atoms with Crippen molar-refractivity contribution in [3.05, 3.63) is 0 Å². The number of rotatable bonds is 8. The molecule has 1 amide bonds. The highest BCUT2D eigenvalue weighted by Gasteiger charge is 2.22. The lowest BCUT2D eigenvalue weighted by Gasteiger charge is -2.23. The van der Waals surface area contributed by atoms with Crippen LogP contribution in [0.25, 0.3) is 0 Å². The molecule has 0 aliphatic heterocycles. The largest absolute Gasteiger partial charge is 0.465 e. The highest BCUT2D eigenvalue weighted by atomic mass is 79.9. The van der Waals surface area contributed by atoms with E-state index in [9.17, 15) is 9.59 Å².